The Hall–Kier alpha value is -4.80. The standard InChI is InChI=1S/C56H68Br2N4O4/c1-53(2,3)21-25-63-37-29-35(30-38(33-37)64-26-22-54(4,5)6)49-41-13-17-45(59-41)51(57)47-19-15-43(61-47)50(44-16-20-48(62-44)52(58)46-18-14-42(49)60-46)36-31-39(65-27-23-55(7,8)9)34-40(32-36)66-28-24-56(10,11)12/h13-20,29-34,59,62H,21-28H2,1-12H3. The minimum absolute atomic E-state index is 0.137. The van der Waals surface area contributed by atoms with Crippen LogP contribution in [0.25, 0.3) is 68.6 Å². The minimum Gasteiger partial charge on any atom is -0.493 e. The molecule has 0 saturated carbocycles. The predicted octanol–water partition coefficient (Wildman–Crippen LogP) is 16.8. The van der Waals surface area contributed by atoms with Crippen LogP contribution in [0.3, 0.4) is 0 Å². The van der Waals surface area contributed by atoms with Crippen molar-refractivity contribution in [2.45, 2.75) is 109 Å². The molecule has 0 aliphatic carbocycles. The quantitative estimate of drug-likeness (QED) is 0.113. The second-order valence-electron chi connectivity index (χ2n) is 22.4. The van der Waals surface area contributed by atoms with Crippen molar-refractivity contribution >= 4 is 78.2 Å². The average Bonchev–Trinajstić information content (AvgIpc) is 4.04. The number of ether oxygens (including phenoxy) is 4. The summed E-state index contributed by atoms with van der Waals surface area (Å²) in [5.74, 6) is 3.02. The Morgan fingerprint density at radius 3 is 0.955 bits per heavy atom. The van der Waals surface area contributed by atoms with Gasteiger partial charge in [-0.3, -0.25) is 0 Å². The normalized spacial score (nSPS) is 13.1. The van der Waals surface area contributed by atoms with Gasteiger partial charge in [-0.25, -0.2) is 9.97 Å². The lowest BCUT2D eigenvalue weighted by atomic mass is 9.93. The summed E-state index contributed by atoms with van der Waals surface area (Å²) in [6, 6.07) is 20.8. The van der Waals surface area contributed by atoms with Gasteiger partial charge in [0.2, 0.25) is 0 Å². The molecule has 8 bridgehead atoms. The highest BCUT2D eigenvalue weighted by molar-refractivity contribution is 9.11. The van der Waals surface area contributed by atoms with Gasteiger partial charge in [0.15, 0.2) is 0 Å². The zero-order valence-corrected chi connectivity index (χ0v) is 44.2. The monoisotopic (exact) mass is 1020 g/mol. The number of hydrogen-bond donors (Lipinski definition) is 2. The van der Waals surface area contributed by atoms with Crippen molar-refractivity contribution in [2.24, 2.45) is 21.7 Å². The van der Waals surface area contributed by atoms with E-state index in [-0.39, 0.29) is 21.7 Å². The van der Waals surface area contributed by atoms with Crippen LogP contribution in [0.2, 0.25) is 0 Å². The third-order valence-corrected chi connectivity index (χ3v) is 13.1. The molecular formula is C56H68Br2N4O4. The summed E-state index contributed by atoms with van der Waals surface area (Å²) in [6.07, 6.45) is 11.9. The Balaban J connectivity index is 1.42. The van der Waals surface area contributed by atoms with Gasteiger partial charge in [0.25, 0.3) is 0 Å². The molecule has 66 heavy (non-hydrogen) atoms. The average molecular weight is 1020 g/mol. The molecule has 0 atom stereocenters. The second kappa shape index (κ2) is 19.8. The van der Waals surface area contributed by atoms with Crippen LogP contribution in [0.1, 0.15) is 132 Å². The van der Waals surface area contributed by atoms with E-state index in [1.165, 1.54) is 0 Å². The zero-order chi connectivity index (χ0) is 47.6. The summed E-state index contributed by atoms with van der Waals surface area (Å²) in [7, 11) is 0. The fourth-order valence-corrected chi connectivity index (χ4v) is 8.31. The number of hydrogen-bond acceptors (Lipinski definition) is 6. The number of halogens is 2. The molecule has 0 saturated heterocycles. The number of nitrogens with one attached hydrogen (secondary N) is 2. The lowest BCUT2D eigenvalue weighted by Crippen LogP contribution is -2.12. The predicted molar refractivity (Wildman–Crippen MR) is 283 cm³/mol. The summed E-state index contributed by atoms with van der Waals surface area (Å²) in [6.45, 7) is 29.1. The van der Waals surface area contributed by atoms with Gasteiger partial charge in [0.05, 0.1) is 69.2 Å². The van der Waals surface area contributed by atoms with Crippen molar-refractivity contribution in [3.63, 3.8) is 0 Å². The minimum atomic E-state index is 0.137. The molecule has 0 amide bonds. The molecule has 3 aromatic heterocycles. The van der Waals surface area contributed by atoms with E-state index in [1.54, 1.807) is 0 Å². The smallest absolute Gasteiger partial charge is 0.123 e. The van der Waals surface area contributed by atoms with Crippen molar-refractivity contribution in [1.29, 1.82) is 0 Å². The molecule has 5 aromatic rings. The van der Waals surface area contributed by atoms with Crippen molar-refractivity contribution in [3.8, 4) is 45.3 Å². The highest BCUT2D eigenvalue weighted by atomic mass is 79.9. The highest BCUT2D eigenvalue weighted by Crippen LogP contribution is 2.40. The van der Waals surface area contributed by atoms with Crippen molar-refractivity contribution in [1.82, 2.24) is 19.9 Å². The molecule has 2 N–H and O–H groups in total. The van der Waals surface area contributed by atoms with Crippen molar-refractivity contribution in [3.05, 3.63) is 92.4 Å². The number of nitrogens with zero attached hydrogens (tertiary/aromatic N) is 2. The second-order valence-corrected chi connectivity index (χ2v) is 24.0. The number of fused-ring (bicyclic) bond motifs is 8. The van der Waals surface area contributed by atoms with E-state index in [2.05, 4.69) is 198 Å². The van der Waals surface area contributed by atoms with Gasteiger partial charge >= 0.3 is 0 Å². The third kappa shape index (κ3) is 13.2. The molecule has 0 fully saturated rings. The summed E-state index contributed by atoms with van der Waals surface area (Å²) < 4.78 is 27.6. The molecule has 2 aliphatic heterocycles. The van der Waals surface area contributed by atoms with Gasteiger partial charge in [-0.1, -0.05) is 83.1 Å². The SMILES string of the molecule is CC(C)(C)CCOc1cc(OCCC(C)(C)C)cc(-c2c3nc(c(Br)c4ccc([nH]4)c(-c4cc(OCCC(C)(C)C)cc(OCCC(C)(C)C)c4)c4nc(c(Br)c5ccc2[nH]5)C=C4)C=C3)c1. The first-order valence-electron chi connectivity index (χ1n) is 23.3. The number of benzene rings is 2. The van der Waals surface area contributed by atoms with Crippen LogP contribution in [-0.4, -0.2) is 46.4 Å². The first-order valence-corrected chi connectivity index (χ1v) is 24.9. The van der Waals surface area contributed by atoms with Crippen LogP contribution in [0.15, 0.2) is 69.6 Å². The molecular weight excluding hydrogens is 952 g/mol. The molecule has 10 heteroatoms. The summed E-state index contributed by atoms with van der Waals surface area (Å²) >= 11 is 7.95. The maximum atomic E-state index is 6.47. The van der Waals surface area contributed by atoms with E-state index >= 15 is 0 Å². The van der Waals surface area contributed by atoms with E-state index in [4.69, 9.17) is 28.9 Å². The molecule has 7 rings (SSSR count). The lowest BCUT2D eigenvalue weighted by Gasteiger charge is -2.20. The summed E-state index contributed by atoms with van der Waals surface area (Å²) in [5, 5.41) is 0. The Labute approximate surface area is 409 Å². The van der Waals surface area contributed by atoms with Crippen LogP contribution >= 0.6 is 31.9 Å². The molecule has 0 radical (unpaired) electrons. The highest BCUT2D eigenvalue weighted by Gasteiger charge is 2.21. The van der Waals surface area contributed by atoms with Crippen LogP contribution in [-0.2, 0) is 0 Å². The molecule has 0 spiro atoms. The Kier molecular flexibility index (Phi) is 14.7. The van der Waals surface area contributed by atoms with Crippen LogP contribution in [0.5, 0.6) is 23.0 Å². The largest absolute Gasteiger partial charge is 0.493 e. The van der Waals surface area contributed by atoms with E-state index in [9.17, 15) is 0 Å². The fraction of sp³-hybridized carbons (Fsp3) is 0.429. The van der Waals surface area contributed by atoms with Gasteiger partial charge < -0.3 is 28.9 Å². The van der Waals surface area contributed by atoms with Gasteiger partial charge in [-0.2, -0.15) is 0 Å². The topological polar surface area (TPSA) is 94.3 Å². The first-order chi connectivity index (χ1) is 31.0. The number of H-pyrrole nitrogens is 2. The Morgan fingerprint density at radius 1 is 0.394 bits per heavy atom. The third-order valence-electron chi connectivity index (χ3n) is 11.4. The van der Waals surface area contributed by atoms with Crippen molar-refractivity contribution in [2.75, 3.05) is 26.4 Å². The number of aromatic nitrogens is 4. The maximum absolute atomic E-state index is 6.47. The zero-order valence-electron chi connectivity index (χ0n) is 41.0. The van der Waals surface area contributed by atoms with Gasteiger partial charge in [0.1, 0.15) is 23.0 Å². The molecule has 8 nitrogen and oxygen atoms in total. The Morgan fingerprint density at radius 2 is 0.667 bits per heavy atom. The lowest BCUT2D eigenvalue weighted by molar-refractivity contribution is 0.233. The first kappa shape index (κ1) is 49.1. The summed E-state index contributed by atoms with van der Waals surface area (Å²) in [5.41, 5.74) is 11.0. The van der Waals surface area contributed by atoms with Gasteiger partial charge in [0, 0.05) is 34.3 Å². The van der Waals surface area contributed by atoms with E-state index in [0.717, 1.165) is 125 Å². The van der Waals surface area contributed by atoms with E-state index in [1.807, 2.05) is 12.1 Å². The number of rotatable bonds is 14. The fourth-order valence-electron chi connectivity index (χ4n) is 7.41. The van der Waals surface area contributed by atoms with E-state index < -0.39 is 0 Å². The Bertz CT molecular complexity index is 2520. The van der Waals surface area contributed by atoms with Crippen LogP contribution in [0.4, 0.5) is 0 Å². The number of aromatic amines is 2. The van der Waals surface area contributed by atoms with Crippen LogP contribution < -0.4 is 18.9 Å². The van der Waals surface area contributed by atoms with Gasteiger partial charge in [-0.15, -0.1) is 0 Å². The molecule has 350 valence electrons. The van der Waals surface area contributed by atoms with Gasteiger partial charge in [-0.05, 0) is 163 Å². The van der Waals surface area contributed by atoms with Crippen LogP contribution in [0, 0.1) is 21.7 Å². The van der Waals surface area contributed by atoms with E-state index in [0.29, 0.717) is 26.4 Å². The summed E-state index contributed by atoms with van der Waals surface area (Å²) in [4.78, 5) is 18.1. The molecule has 2 aliphatic rings. The maximum Gasteiger partial charge on any atom is 0.123 e. The molecule has 0 unspecified atom stereocenters. The van der Waals surface area contributed by atoms with Crippen molar-refractivity contribution < 1.29 is 18.9 Å². The molecule has 5 heterocycles. The molecule has 2 aromatic carbocycles.